The molecule has 44 heavy (non-hydrogen) atoms. The summed E-state index contributed by atoms with van der Waals surface area (Å²) in [6.45, 7) is 6.89. The van der Waals surface area contributed by atoms with Crippen molar-refractivity contribution in [3.8, 4) is 11.1 Å². The van der Waals surface area contributed by atoms with Crippen molar-refractivity contribution in [2.24, 2.45) is 0 Å². The fourth-order valence-corrected chi connectivity index (χ4v) is 6.86. The third-order valence-electron chi connectivity index (χ3n) is 7.83. The van der Waals surface area contributed by atoms with Crippen molar-refractivity contribution in [3.05, 3.63) is 52.4 Å². The monoisotopic (exact) mass is 652 g/mol. The number of aromatic nitrogens is 3. The Balaban J connectivity index is 1.66. The molecule has 5 rings (SSSR count). The van der Waals surface area contributed by atoms with Crippen molar-refractivity contribution in [3.63, 3.8) is 0 Å². The Morgan fingerprint density at radius 1 is 1.23 bits per heavy atom. The van der Waals surface area contributed by atoms with Gasteiger partial charge in [0.15, 0.2) is 5.82 Å². The molecule has 2 atom stereocenters. The number of benzene rings is 2. The van der Waals surface area contributed by atoms with Gasteiger partial charge in [0.2, 0.25) is 0 Å². The van der Waals surface area contributed by atoms with Crippen LogP contribution in [0.2, 0.25) is 5.02 Å². The molecule has 0 saturated carbocycles. The number of rotatable bonds is 5. The van der Waals surface area contributed by atoms with E-state index in [1.165, 1.54) is 43.0 Å². The first-order valence-corrected chi connectivity index (χ1v) is 15.8. The molecule has 0 spiro atoms. The number of halogens is 5. The van der Waals surface area contributed by atoms with Gasteiger partial charge in [-0.3, -0.25) is 4.68 Å². The Hall–Kier alpha value is -3.09. The summed E-state index contributed by atoms with van der Waals surface area (Å²) in [5.41, 5.74) is -1.98. The zero-order valence-electron chi connectivity index (χ0n) is 24.9. The number of nitrogens with zero attached hydrogens (tertiary/aromatic N) is 4. The van der Waals surface area contributed by atoms with E-state index in [0.29, 0.717) is 47.1 Å². The number of hydrogen-bond acceptors (Lipinski definition) is 6. The van der Waals surface area contributed by atoms with E-state index in [0.717, 1.165) is 0 Å². The number of aliphatic hydroxyl groups is 1. The highest BCUT2D eigenvalue weighted by Gasteiger charge is 2.38. The molecule has 4 aromatic rings. The van der Waals surface area contributed by atoms with Crippen LogP contribution in [0.25, 0.3) is 32.9 Å². The van der Waals surface area contributed by atoms with E-state index < -0.39 is 29.3 Å². The number of pyridine rings is 1. The van der Waals surface area contributed by atoms with Gasteiger partial charge in [-0.15, -0.1) is 11.8 Å². The highest BCUT2D eigenvalue weighted by Crippen LogP contribution is 2.45. The standard InChI is InChI=1S/C31H33ClF4N4O3S/c1-16-7-6-8-19(24(16)31(34,35)36)23-22(32)14-20-26(25(23)33)38-28(44-5)21-15-37-40(27(20)21)18-9-11-39(17(13-18)10-12-41)29(42)43-30(2,3)4/h6-8,14-15,17-18,41H,9-13H2,1-5H3/t17-,18+/m1/s1. The van der Waals surface area contributed by atoms with Crippen molar-refractivity contribution in [1.82, 2.24) is 19.7 Å². The molecule has 0 radical (unpaired) electrons. The van der Waals surface area contributed by atoms with E-state index in [9.17, 15) is 23.1 Å². The van der Waals surface area contributed by atoms with E-state index in [4.69, 9.17) is 16.3 Å². The summed E-state index contributed by atoms with van der Waals surface area (Å²) in [7, 11) is 0. The highest BCUT2D eigenvalue weighted by molar-refractivity contribution is 7.98. The maximum atomic E-state index is 16.4. The fraction of sp³-hybridized carbons (Fsp3) is 0.452. The summed E-state index contributed by atoms with van der Waals surface area (Å²) in [5, 5.41) is 15.7. The molecule has 1 N–H and O–H groups in total. The van der Waals surface area contributed by atoms with Gasteiger partial charge in [0.05, 0.1) is 33.7 Å². The molecule has 1 saturated heterocycles. The molecular formula is C31H33ClF4N4O3S. The van der Waals surface area contributed by atoms with Crippen LogP contribution in [0, 0.1) is 12.7 Å². The summed E-state index contributed by atoms with van der Waals surface area (Å²) in [4.78, 5) is 19.1. The average Bonchev–Trinajstić information content (AvgIpc) is 3.37. The van der Waals surface area contributed by atoms with Crippen LogP contribution in [0.15, 0.2) is 35.5 Å². The zero-order valence-corrected chi connectivity index (χ0v) is 26.5. The molecule has 0 aliphatic carbocycles. The van der Waals surface area contributed by atoms with Crippen molar-refractivity contribution in [2.75, 3.05) is 19.4 Å². The van der Waals surface area contributed by atoms with Crippen LogP contribution in [-0.4, -0.2) is 61.9 Å². The minimum atomic E-state index is -4.73. The Morgan fingerprint density at radius 2 is 1.95 bits per heavy atom. The van der Waals surface area contributed by atoms with Crippen LogP contribution in [0.3, 0.4) is 0 Å². The largest absolute Gasteiger partial charge is 0.444 e. The average molecular weight is 653 g/mol. The number of aryl methyl sites for hydroxylation is 1. The molecule has 1 fully saturated rings. The molecule has 1 aliphatic heterocycles. The molecular weight excluding hydrogens is 620 g/mol. The minimum absolute atomic E-state index is 0.0491. The number of likely N-dealkylation sites (tertiary alicyclic amines) is 1. The summed E-state index contributed by atoms with van der Waals surface area (Å²) in [6.07, 6.45) is -0.505. The van der Waals surface area contributed by atoms with Crippen molar-refractivity contribution in [1.29, 1.82) is 0 Å². The molecule has 2 aromatic carbocycles. The van der Waals surface area contributed by atoms with Gasteiger partial charge in [-0.05, 0) is 70.4 Å². The Morgan fingerprint density at radius 3 is 2.59 bits per heavy atom. The van der Waals surface area contributed by atoms with Crippen LogP contribution >= 0.6 is 23.4 Å². The lowest BCUT2D eigenvalue weighted by Crippen LogP contribution is -2.48. The molecule has 2 aromatic heterocycles. The quantitative estimate of drug-likeness (QED) is 0.172. The number of thioether (sulfide) groups is 1. The normalized spacial score (nSPS) is 17.9. The van der Waals surface area contributed by atoms with Crippen LogP contribution in [0.4, 0.5) is 22.4 Å². The smallest absolute Gasteiger partial charge is 0.417 e. The maximum Gasteiger partial charge on any atom is 0.417 e. The first kappa shape index (κ1) is 32.3. The second-order valence-electron chi connectivity index (χ2n) is 11.9. The van der Waals surface area contributed by atoms with E-state index in [2.05, 4.69) is 10.1 Å². The molecule has 7 nitrogen and oxygen atoms in total. The summed E-state index contributed by atoms with van der Waals surface area (Å²) >= 11 is 7.88. The van der Waals surface area contributed by atoms with Gasteiger partial charge in [-0.25, -0.2) is 14.2 Å². The number of ether oxygens (including phenoxy) is 1. The lowest BCUT2D eigenvalue weighted by Gasteiger charge is -2.40. The second kappa shape index (κ2) is 12.0. The van der Waals surface area contributed by atoms with Crippen LogP contribution in [0.1, 0.15) is 57.2 Å². The molecule has 236 valence electrons. The molecule has 0 bridgehead atoms. The van der Waals surface area contributed by atoms with Gasteiger partial charge in [-0.1, -0.05) is 29.8 Å². The number of carbonyl (C=O) groups excluding carboxylic acids is 1. The molecule has 13 heteroatoms. The Labute approximate surface area is 261 Å². The van der Waals surface area contributed by atoms with Gasteiger partial charge in [0.1, 0.15) is 16.1 Å². The predicted molar refractivity (Wildman–Crippen MR) is 164 cm³/mol. The van der Waals surface area contributed by atoms with Crippen LogP contribution < -0.4 is 0 Å². The number of carbonyl (C=O) groups is 1. The van der Waals surface area contributed by atoms with Crippen LogP contribution in [-0.2, 0) is 10.9 Å². The third kappa shape index (κ3) is 5.95. The highest BCUT2D eigenvalue weighted by atomic mass is 35.5. The lowest BCUT2D eigenvalue weighted by atomic mass is 9.93. The number of piperidine rings is 1. The van der Waals surface area contributed by atoms with Crippen LogP contribution in [0.5, 0.6) is 0 Å². The second-order valence-corrected chi connectivity index (χ2v) is 13.1. The third-order valence-corrected chi connectivity index (χ3v) is 8.83. The Kier molecular flexibility index (Phi) is 8.82. The summed E-state index contributed by atoms with van der Waals surface area (Å²) < 4.78 is 66.1. The molecule has 1 aliphatic rings. The summed E-state index contributed by atoms with van der Waals surface area (Å²) in [6, 6.07) is 4.85. The van der Waals surface area contributed by atoms with E-state index in [1.807, 2.05) is 0 Å². The minimum Gasteiger partial charge on any atom is -0.444 e. The first-order chi connectivity index (χ1) is 20.7. The Bertz CT molecular complexity index is 1740. The topological polar surface area (TPSA) is 80.5 Å². The van der Waals surface area contributed by atoms with E-state index in [-0.39, 0.29) is 45.9 Å². The molecule has 3 heterocycles. The number of amides is 1. The number of alkyl halides is 3. The van der Waals surface area contributed by atoms with E-state index in [1.54, 1.807) is 42.8 Å². The van der Waals surface area contributed by atoms with Crippen molar-refractivity contribution in [2.45, 2.75) is 75.8 Å². The first-order valence-electron chi connectivity index (χ1n) is 14.2. The summed E-state index contributed by atoms with van der Waals surface area (Å²) in [5.74, 6) is -0.952. The zero-order chi connectivity index (χ0) is 32.1. The lowest BCUT2D eigenvalue weighted by molar-refractivity contribution is -0.137. The SMILES string of the molecule is CSc1nc2c(F)c(-c3cccc(C)c3C(F)(F)F)c(Cl)cc2c2c1cnn2[C@H]1CCN(C(=O)OC(C)(C)C)[C@H](CCO)C1. The maximum absolute atomic E-state index is 16.4. The van der Waals surface area contributed by atoms with Crippen molar-refractivity contribution >= 4 is 51.3 Å². The van der Waals surface area contributed by atoms with Gasteiger partial charge in [0, 0.05) is 30.1 Å². The fourth-order valence-electron chi connectivity index (χ4n) is 6.01. The van der Waals surface area contributed by atoms with Gasteiger partial charge >= 0.3 is 12.3 Å². The van der Waals surface area contributed by atoms with Gasteiger partial charge < -0.3 is 14.7 Å². The predicted octanol–water partition coefficient (Wildman–Crippen LogP) is 8.42. The molecule has 0 unspecified atom stereocenters. The van der Waals surface area contributed by atoms with Gasteiger partial charge in [0.25, 0.3) is 0 Å². The molecule has 1 amide bonds. The van der Waals surface area contributed by atoms with E-state index >= 15 is 4.39 Å². The van der Waals surface area contributed by atoms with Gasteiger partial charge in [-0.2, -0.15) is 18.3 Å². The number of fused-ring (bicyclic) bond motifs is 3. The van der Waals surface area contributed by atoms with Crippen molar-refractivity contribution < 1.29 is 32.2 Å². The number of hydrogen-bond donors (Lipinski definition) is 1. The number of aliphatic hydroxyl groups excluding tert-OH is 1.